The summed E-state index contributed by atoms with van der Waals surface area (Å²) in [5.74, 6) is -0.0199. The number of quaternary nitrogens is 1. The van der Waals surface area contributed by atoms with Crippen molar-refractivity contribution >= 4 is 29.1 Å². The van der Waals surface area contributed by atoms with E-state index in [4.69, 9.17) is 23.2 Å². The maximum atomic E-state index is 12.4. The van der Waals surface area contributed by atoms with Crippen LogP contribution in [-0.2, 0) is 11.2 Å². The van der Waals surface area contributed by atoms with E-state index in [-0.39, 0.29) is 29.4 Å². The molecule has 1 aliphatic heterocycles. The van der Waals surface area contributed by atoms with Gasteiger partial charge in [0, 0.05) is 28.9 Å². The van der Waals surface area contributed by atoms with E-state index in [1.165, 1.54) is 0 Å². The molecule has 1 aromatic carbocycles. The SMILES string of the molecule is CC1(C)CC(NC(=O)Cc2c(Cl)cccc2Cl)CC(C)(C)[NH2+]1. The minimum absolute atomic E-state index is 0.0199. The van der Waals surface area contributed by atoms with Crippen LogP contribution in [-0.4, -0.2) is 23.0 Å². The molecule has 1 amide bonds. The number of hydrogen-bond donors (Lipinski definition) is 2. The van der Waals surface area contributed by atoms with Crippen LogP contribution in [0.4, 0.5) is 0 Å². The average Bonchev–Trinajstić information content (AvgIpc) is 2.29. The first kappa shape index (κ1) is 17.6. The fraction of sp³-hybridized carbons (Fsp3) is 0.588. The standard InChI is InChI=1S/C17H24Cl2N2O/c1-16(2)9-11(10-17(3,4)21-16)20-15(22)8-12-13(18)6-5-7-14(12)19/h5-7,11,21H,8-10H2,1-4H3,(H,20,22)/p+1. The summed E-state index contributed by atoms with van der Waals surface area (Å²) in [5, 5.41) is 6.64. The van der Waals surface area contributed by atoms with Crippen molar-refractivity contribution in [2.24, 2.45) is 0 Å². The zero-order valence-electron chi connectivity index (χ0n) is 13.7. The van der Waals surface area contributed by atoms with Crippen LogP contribution in [0.3, 0.4) is 0 Å². The number of carbonyl (C=O) groups excluding carboxylic acids is 1. The van der Waals surface area contributed by atoms with Crippen LogP contribution in [0.2, 0.25) is 10.0 Å². The Hall–Kier alpha value is -0.770. The molecule has 0 radical (unpaired) electrons. The summed E-state index contributed by atoms with van der Waals surface area (Å²) in [7, 11) is 0. The molecule has 1 aliphatic rings. The maximum absolute atomic E-state index is 12.4. The summed E-state index contributed by atoms with van der Waals surface area (Å²) in [4.78, 5) is 12.4. The van der Waals surface area contributed by atoms with E-state index < -0.39 is 0 Å². The highest BCUT2D eigenvalue weighted by molar-refractivity contribution is 6.36. The first-order valence-electron chi connectivity index (χ1n) is 7.67. The molecule has 5 heteroatoms. The molecule has 22 heavy (non-hydrogen) atoms. The number of carbonyl (C=O) groups is 1. The maximum Gasteiger partial charge on any atom is 0.224 e. The summed E-state index contributed by atoms with van der Waals surface area (Å²) in [6, 6.07) is 5.49. The molecular weight excluding hydrogens is 319 g/mol. The molecule has 0 atom stereocenters. The van der Waals surface area contributed by atoms with Gasteiger partial charge in [-0.3, -0.25) is 4.79 Å². The minimum atomic E-state index is -0.0199. The predicted molar refractivity (Wildman–Crippen MR) is 91.4 cm³/mol. The van der Waals surface area contributed by atoms with Crippen molar-refractivity contribution in [1.29, 1.82) is 0 Å². The van der Waals surface area contributed by atoms with Crippen molar-refractivity contribution in [3.05, 3.63) is 33.8 Å². The molecule has 3 N–H and O–H groups in total. The molecule has 0 spiro atoms. The van der Waals surface area contributed by atoms with E-state index in [1.807, 2.05) is 0 Å². The Morgan fingerprint density at radius 3 is 2.18 bits per heavy atom. The van der Waals surface area contributed by atoms with Crippen LogP contribution in [0.5, 0.6) is 0 Å². The first-order valence-corrected chi connectivity index (χ1v) is 8.43. The zero-order chi connectivity index (χ0) is 16.5. The largest absolute Gasteiger partial charge is 0.353 e. The second-order valence-electron chi connectivity index (χ2n) is 7.67. The molecule has 2 rings (SSSR count). The van der Waals surface area contributed by atoms with Gasteiger partial charge in [-0.15, -0.1) is 0 Å². The van der Waals surface area contributed by atoms with Gasteiger partial charge in [-0.05, 0) is 45.4 Å². The molecule has 1 saturated heterocycles. The van der Waals surface area contributed by atoms with Gasteiger partial charge in [0.05, 0.1) is 17.5 Å². The third kappa shape index (κ3) is 4.61. The fourth-order valence-corrected chi connectivity index (χ4v) is 4.29. The van der Waals surface area contributed by atoms with E-state index in [0.717, 1.165) is 12.8 Å². The molecule has 1 heterocycles. The Morgan fingerprint density at radius 1 is 1.18 bits per heavy atom. The molecule has 1 aromatic rings. The number of amides is 1. The van der Waals surface area contributed by atoms with Crippen molar-refractivity contribution < 1.29 is 10.1 Å². The normalized spacial score (nSPS) is 20.6. The fourth-order valence-electron chi connectivity index (χ4n) is 3.76. The summed E-state index contributed by atoms with van der Waals surface area (Å²) in [6.07, 6.45) is 2.14. The van der Waals surface area contributed by atoms with Crippen LogP contribution >= 0.6 is 23.2 Å². The lowest BCUT2D eigenvalue weighted by molar-refractivity contribution is -0.787. The van der Waals surface area contributed by atoms with Gasteiger partial charge < -0.3 is 10.6 Å². The second-order valence-corrected chi connectivity index (χ2v) is 8.49. The molecule has 0 aliphatic carbocycles. The first-order chi connectivity index (χ1) is 10.1. The molecular formula is C17H25Cl2N2O+. The van der Waals surface area contributed by atoms with Gasteiger partial charge >= 0.3 is 0 Å². The molecule has 0 unspecified atom stereocenters. The third-order valence-electron chi connectivity index (χ3n) is 4.09. The topological polar surface area (TPSA) is 45.7 Å². The summed E-state index contributed by atoms with van der Waals surface area (Å²) in [5.41, 5.74) is 0.952. The second kappa shape index (κ2) is 6.38. The molecule has 0 bridgehead atoms. The van der Waals surface area contributed by atoms with Gasteiger partial charge in [0.15, 0.2) is 0 Å². The average molecular weight is 344 g/mol. The molecule has 122 valence electrons. The van der Waals surface area contributed by atoms with Crippen LogP contribution in [0.25, 0.3) is 0 Å². The quantitative estimate of drug-likeness (QED) is 0.870. The summed E-state index contributed by atoms with van der Waals surface area (Å²) in [6.45, 7) is 8.88. The zero-order valence-corrected chi connectivity index (χ0v) is 15.2. The lowest BCUT2D eigenvalue weighted by Crippen LogP contribution is -3.06. The Kier molecular flexibility index (Phi) is 5.10. The Morgan fingerprint density at radius 2 is 1.68 bits per heavy atom. The van der Waals surface area contributed by atoms with Gasteiger partial charge in [-0.1, -0.05) is 29.3 Å². The van der Waals surface area contributed by atoms with Gasteiger partial charge in [0.1, 0.15) is 0 Å². The molecule has 0 saturated carbocycles. The molecule has 0 aromatic heterocycles. The highest BCUT2D eigenvalue weighted by atomic mass is 35.5. The van der Waals surface area contributed by atoms with E-state index in [9.17, 15) is 4.79 Å². The van der Waals surface area contributed by atoms with E-state index >= 15 is 0 Å². The van der Waals surface area contributed by atoms with E-state index in [1.54, 1.807) is 18.2 Å². The van der Waals surface area contributed by atoms with Gasteiger partial charge in [-0.25, -0.2) is 0 Å². The summed E-state index contributed by atoms with van der Waals surface area (Å²) < 4.78 is 0. The van der Waals surface area contributed by atoms with E-state index in [2.05, 4.69) is 38.3 Å². The van der Waals surface area contributed by atoms with Crippen molar-refractivity contribution in [3.8, 4) is 0 Å². The van der Waals surface area contributed by atoms with Crippen molar-refractivity contribution in [1.82, 2.24) is 5.32 Å². The van der Waals surface area contributed by atoms with Gasteiger partial charge in [0.25, 0.3) is 0 Å². The number of nitrogens with two attached hydrogens (primary N) is 1. The lowest BCUT2D eigenvalue weighted by Gasteiger charge is -2.43. The highest BCUT2D eigenvalue weighted by Crippen LogP contribution is 2.25. The lowest BCUT2D eigenvalue weighted by atomic mass is 9.79. The third-order valence-corrected chi connectivity index (χ3v) is 4.80. The van der Waals surface area contributed by atoms with Gasteiger partial charge in [-0.2, -0.15) is 0 Å². The number of piperidine rings is 1. The number of hydrogen-bond acceptors (Lipinski definition) is 1. The minimum Gasteiger partial charge on any atom is -0.353 e. The summed E-state index contributed by atoms with van der Waals surface area (Å²) >= 11 is 12.3. The van der Waals surface area contributed by atoms with Crippen LogP contribution in [0, 0.1) is 0 Å². The Balaban J connectivity index is 2.03. The Bertz CT molecular complexity index is 534. The Labute approximate surface area is 142 Å². The van der Waals surface area contributed by atoms with Crippen LogP contribution in [0.15, 0.2) is 18.2 Å². The van der Waals surface area contributed by atoms with Crippen LogP contribution in [0.1, 0.15) is 46.1 Å². The van der Waals surface area contributed by atoms with Crippen LogP contribution < -0.4 is 10.6 Å². The molecule has 1 fully saturated rings. The highest BCUT2D eigenvalue weighted by Gasteiger charge is 2.42. The van der Waals surface area contributed by atoms with Crippen molar-refractivity contribution in [2.45, 2.75) is 64.1 Å². The van der Waals surface area contributed by atoms with Crippen molar-refractivity contribution in [2.75, 3.05) is 0 Å². The van der Waals surface area contributed by atoms with E-state index in [0.29, 0.717) is 15.6 Å². The molecule has 3 nitrogen and oxygen atoms in total. The predicted octanol–water partition coefficient (Wildman–Crippen LogP) is 2.94. The smallest absolute Gasteiger partial charge is 0.224 e. The number of nitrogens with one attached hydrogen (secondary N) is 1. The number of benzene rings is 1. The van der Waals surface area contributed by atoms with Gasteiger partial charge in [0.2, 0.25) is 5.91 Å². The van der Waals surface area contributed by atoms with Crippen molar-refractivity contribution in [3.63, 3.8) is 0 Å². The monoisotopic (exact) mass is 343 g/mol. The number of halogens is 2. The number of rotatable bonds is 3.